The molecule has 0 spiro atoms. The van der Waals surface area contributed by atoms with Crippen molar-refractivity contribution in [3.63, 3.8) is 0 Å². The Balaban J connectivity index is 2.26. The number of aromatic nitrogens is 2. The van der Waals surface area contributed by atoms with Crippen LogP contribution in [-0.4, -0.2) is 23.3 Å². The molecule has 1 aromatic carbocycles. The summed E-state index contributed by atoms with van der Waals surface area (Å²) in [6.45, 7) is 3.07. The second-order valence-electron chi connectivity index (χ2n) is 5.04. The molecule has 0 atom stereocenters. The molecule has 0 fully saturated rings. The van der Waals surface area contributed by atoms with Crippen LogP contribution in [0.15, 0.2) is 41.2 Å². The Morgan fingerprint density at radius 3 is 2.73 bits per heavy atom. The van der Waals surface area contributed by atoms with Crippen LogP contribution in [0, 0.1) is 0 Å². The first-order valence-electron chi connectivity index (χ1n) is 7.32. The molecule has 0 saturated heterocycles. The lowest BCUT2D eigenvalue weighted by molar-refractivity contribution is 0.186. The highest BCUT2D eigenvalue weighted by Gasteiger charge is 2.14. The molecule has 114 valence electrons. The van der Waals surface area contributed by atoms with Crippen LogP contribution in [0.25, 0.3) is 21.6 Å². The minimum Gasteiger partial charge on any atom is -0.383 e. The third kappa shape index (κ3) is 2.69. The molecular weight excluding hydrogens is 296 g/mol. The second-order valence-corrected chi connectivity index (χ2v) is 6.15. The van der Waals surface area contributed by atoms with E-state index < -0.39 is 0 Å². The fourth-order valence-electron chi connectivity index (χ4n) is 2.44. The van der Waals surface area contributed by atoms with Gasteiger partial charge in [-0.25, -0.2) is 4.98 Å². The van der Waals surface area contributed by atoms with Crippen LogP contribution in [0.1, 0.15) is 11.8 Å². The summed E-state index contributed by atoms with van der Waals surface area (Å²) in [5.74, 6) is 0.708. The maximum atomic E-state index is 12.8. The molecule has 0 amide bonds. The van der Waals surface area contributed by atoms with Gasteiger partial charge in [0.2, 0.25) is 0 Å². The van der Waals surface area contributed by atoms with Gasteiger partial charge in [-0.15, -0.1) is 11.3 Å². The third-order valence-electron chi connectivity index (χ3n) is 3.60. The number of fused-ring (bicyclic) bond motifs is 1. The standard InChI is InChI=1S/C17H18N2O2S/c1-3-13-11-14-16(22-13)18-15(12-7-5-4-6-8-12)19(17(14)20)9-10-21-2/h4-8,11H,3,9-10H2,1-2H3. The van der Waals surface area contributed by atoms with Crippen LogP contribution in [0.5, 0.6) is 0 Å². The van der Waals surface area contributed by atoms with Crippen molar-refractivity contribution in [2.45, 2.75) is 19.9 Å². The van der Waals surface area contributed by atoms with Crippen molar-refractivity contribution >= 4 is 21.6 Å². The van der Waals surface area contributed by atoms with Gasteiger partial charge in [0.15, 0.2) is 0 Å². The van der Waals surface area contributed by atoms with E-state index in [4.69, 9.17) is 9.72 Å². The van der Waals surface area contributed by atoms with Gasteiger partial charge in [-0.05, 0) is 12.5 Å². The number of aryl methyl sites for hydroxylation is 1. The quantitative estimate of drug-likeness (QED) is 0.725. The molecule has 4 nitrogen and oxygen atoms in total. The number of nitrogens with zero attached hydrogens (tertiary/aromatic N) is 2. The van der Waals surface area contributed by atoms with Gasteiger partial charge in [-0.1, -0.05) is 37.3 Å². The smallest absolute Gasteiger partial charge is 0.262 e. The maximum absolute atomic E-state index is 12.8. The number of ether oxygens (including phenoxy) is 1. The predicted octanol–water partition coefficient (Wildman–Crippen LogP) is 3.33. The normalized spacial score (nSPS) is 11.2. The topological polar surface area (TPSA) is 44.1 Å². The van der Waals surface area contributed by atoms with Crippen molar-refractivity contribution in [2.24, 2.45) is 0 Å². The third-order valence-corrected chi connectivity index (χ3v) is 4.77. The number of rotatable bonds is 5. The van der Waals surface area contributed by atoms with Crippen molar-refractivity contribution in [3.05, 3.63) is 51.6 Å². The summed E-state index contributed by atoms with van der Waals surface area (Å²) in [6, 6.07) is 11.8. The molecule has 2 heterocycles. The monoisotopic (exact) mass is 314 g/mol. The summed E-state index contributed by atoms with van der Waals surface area (Å²) >= 11 is 1.60. The second kappa shape index (κ2) is 6.42. The van der Waals surface area contributed by atoms with Crippen LogP contribution in [-0.2, 0) is 17.7 Å². The van der Waals surface area contributed by atoms with E-state index in [9.17, 15) is 4.79 Å². The van der Waals surface area contributed by atoms with Gasteiger partial charge < -0.3 is 4.74 Å². The molecule has 0 unspecified atom stereocenters. The van der Waals surface area contributed by atoms with E-state index in [1.165, 1.54) is 4.88 Å². The number of methoxy groups -OCH3 is 1. The van der Waals surface area contributed by atoms with Crippen LogP contribution in [0.2, 0.25) is 0 Å². The van der Waals surface area contributed by atoms with Gasteiger partial charge in [-0.3, -0.25) is 9.36 Å². The Bertz CT molecular complexity index is 837. The Labute approximate surface area is 133 Å². The molecule has 3 aromatic rings. The van der Waals surface area contributed by atoms with E-state index in [2.05, 4.69) is 6.92 Å². The van der Waals surface area contributed by atoms with Gasteiger partial charge in [-0.2, -0.15) is 0 Å². The molecule has 0 aliphatic rings. The van der Waals surface area contributed by atoms with Crippen molar-refractivity contribution in [1.82, 2.24) is 9.55 Å². The first kappa shape index (κ1) is 14.9. The lowest BCUT2D eigenvalue weighted by Gasteiger charge is -2.12. The molecule has 0 bridgehead atoms. The van der Waals surface area contributed by atoms with Crippen LogP contribution in [0.3, 0.4) is 0 Å². The summed E-state index contributed by atoms with van der Waals surface area (Å²) in [5.41, 5.74) is 0.959. The summed E-state index contributed by atoms with van der Waals surface area (Å²) in [7, 11) is 1.64. The number of benzene rings is 1. The molecule has 3 rings (SSSR count). The largest absolute Gasteiger partial charge is 0.383 e. The Morgan fingerprint density at radius 1 is 1.27 bits per heavy atom. The van der Waals surface area contributed by atoms with Crippen molar-refractivity contribution < 1.29 is 4.74 Å². The lowest BCUT2D eigenvalue weighted by Crippen LogP contribution is -2.24. The molecule has 0 radical (unpaired) electrons. The maximum Gasteiger partial charge on any atom is 0.262 e. The van der Waals surface area contributed by atoms with Crippen molar-refractivity contribution in [1.29, 1.82) is 0 Å². The zero-order valence-electron chi connectivity index (χ0n) is 12.7. The van der Waals surface area contributed by atoms with Gasteiger partial charge >= 0.3 is 0 Å². The highest BCUT2D eigenvalue weighted by atomic mass is 32.1. The SMILES string of the molecule is CCc1cc2c(=O)n(CCOC)c(-c3ccccc3)nc2s1. The average Bonchev–Trinajstić information content (AvgIpc) is 2.98. The number of hydrogen-bond donors (Lipinski definition) is 0. The van der Waals surface area contributed by atoms with Crippen molar-refractivity contribution in [3.8, 4) is 11.4 Å². The van der Waals surface area contributed by atoms with E-state index in [0.29, 0.717) is 24.4 Å². The minimum atomic E-state index is 0.0110. The number of thiophene rings is 1. The lowest BCUT2D eigenvalue weighted by atomic mass is 10.2. The summed E-state index contributed by atoms with van der Waals surface area (Å²) < 4.78 is 6.86. The predicted molar refractivity (Wildman–Crippen MR) is 90.6 cm³/mol. The highest BCUT2D eigenvalue weighted by Crippen LogP contribution is 2.25. The van der Waals surface area contributed by atoms with Gasteiger partial charge in [0.25, 0.3) is 5.56 Å². The first-order valence-corrected chi connectivity index (χ1v) is 8.14. The Morgan fingerprint density at radius 2 is 2.05 bits per heavy atom. The minimum absolute atomic E-state index is 0.0110. The Hall–Kier alpha value is -1.98. The molecular formula is C17H18N2O2S. The first-order chi connectivity index (χ1) is 10.7. The molecule has 0 aliphatic carbocycles. The Kier molecular flexibility index (Phi) is 4.36. The molecule has 0 aliphatic heterocycles. The molecule has 0 N–H and O–H groups in total. The van der Waals surface area contributed by atoms with Crippen LogP contribution in [0.4, 0.5) is 0 Å². The summed E-state index contributed by atoms with van der Waals surface area (Å²) in [6.07, 6.45) is 0.916. The van der Waals surface area contributed by atoms with Gasteiger partial charge in [0.1, 0.15) is 10.7 Å². The fraction of sp³-hybridized carbons (Fsp3) is 0.294. The van der Waals surface area contributed by atoms with Crippen LogP contribution < -0.4 is 5.56 Å². The van der Waals surface area contributed by atoms with Gasteiger partial charge in [0.05, 0.1) is 18.5 Å². The average molecular weight is 314 g/mol. The molecule has 22 heavy (non-hydrogen) atoms. The van der Waals surface area contributed by atoms with Crippen LogP contribution >= 0.6 is 11.3 Å². The van der Waals surface area contributed by atoms with Crippen molar-refractivity contribution in [2.75, 3.05) is 13.7 Å². The summed E-state index contributed by atoms with van der Waals surface area (Å²) in [5, 5.41) is 0.706. The van der Waals surface area contributed by atoms with Gasteiger partial charge in [0, 0.05) is 17.6 Å². The zero-order chi connectivity index (χ0) is 15.5. The fourth-order valence-corrected chi connectivity index (χ4v) is 3.40. The molecule has 2 aromatic heterocycles. The molecule has 0 saturated carbocycles. The van der Waals surface area contributed by atoms with E-state index in [-0.39, 0.29) is 5.56 Å². The van der Waals surface area contributed by atoms with E-state index in [1.807, 2.05) is 36.4 Å². The highest BCUT2D eigenvalue weighted by molar-refractivity contribution is 7.18. The van der Waals surface area contributed by atoms with E-state index >= 15 is 0 Å². The summed E-state index contributed by atoms with van der Waals surface area (Å²) in [4.78, 5) is 19.6. The van der Waals surface area contributed by atoms with E-state index in [0.717, 1.165) is 16.8 Å². The number of hydrogen-bond acceptors (Lipinski definition) is 4. The van der Waals surface area contributed by atoms with E-state index in [1.54, 1.807) is 23.0 Å². The molecule has 5 heteroatoms. The zero-order valence-corrected chi connectivity index (χ0v) is 13.5.